The molecule has 4 aliphatic rings. The topological polar surface area (TPSA) is 12.9 Å². The SMILES string of the molecule is CC(C)(C)c1ccccc1-c1cc(C23CC4CC(CC(C4)C2)C3)cc(-c2ccccc2C(C)(C)C)c1-c1ccc(-c2ccccc2)nc1. The first kappa shape index (κ1) is 31.3. The second-order valence-electron chi connectivity index (χ2n) is 17.5. The van der Waals surface area contributed by atoms with Gasteiger partial charge in [0.05, 0.1) is 5.69 Å². The zero-order chi connectivity index (χ0) is 33.3. The molecule has 1 heteroatoms. The van der Waals surface area contributed by atoms with Gasteiger partial charge in [-0.25, -0.2) is 0 Å². The van der Waals surface area contributed by atoms with Crippen LogP contribution in [0, 0.1) is 17.8 Å². The van der Waals surface area contributed by atoms with Crippen LogP contribution in [-0.4, -0.2) is 4.98 Å². The number of rotatable bonds is 5. The van der Waals surface area contributed by atoms with Crippen LogP contribution < -0.4 is 0 Å². The van der Waals surface area contributed by atoms with E-state index in [-0.39, 0.29) is 16.2 Å². The smallest absolute Gasteiger partial charge is 0.0702 e. The fourth-order valence-corrected chi connectivity index (χ4v) is 10.2. The standard InChI is InChI=1S/C47H51N/c1-45(2,3)41-18-12-10-16-37(41)39-25-36(47-27-31-22-32(28-47)24-33(23-31)29-47)26-40(38-17-11-13-19-42(38)46(4,5)6)44(39)35-20-21-43(48-30-35)34-14-8-7-9-15-34/h7-21,25-26,30-33H,22-24,27-29H2,1-6H3. The fraction of sp³-hybridized carbons (Fsp3) is 0.383. The molecule has 9 rings (SSSR count). The maximum atomic E-state index is 5.11. The van der Waals surface area contributed by atoms with Gasteiger partial charge in [-0.3, -0.25) is 4.98 Å². The van der Waals surface area contributed by atoms with E-state index in [1.54, 1.807) is 5.56 Å². The van der Waals surface area contributed by atoms with E-state index < -0.39 is 0 Å². The molecule has 4 saturated carbocycles. The molecular weight excluding hydrogens is 579 g/mol. The minimum absolute atomic E-state index is 0.00342. The Bertz CT molecular complexity index is 1830. The van der Waals surface area contributed by atoms with E-state index in [1.807, 2.05) is 0 Å². The second-order valence-corrected chi connectivity index (χ2v) is 17.5. The zero-order valence-corrected chi connectivity index (χ0v) is 29.8. The van der Waals surface area contributed by atoms with Crippen molar-refractivity contribution in [3.8, 4) is 44.6 Å². The summed E-state index contributed by atoms with van der Waals surface area (Å²) in [7, 11) is 0. The van der Waals surface area contributed by atoms with Crippen molar-refractivity contribution in [3.63, 3.8) is 0 Å². The van der Waals surface area contributed by atoms with E-state index in [2.05, 4.69) is 151 Å². The van der Waals surface area contributed by atoms with Crippen LogP contribution in [0.15, 0.2) is 109 Å². The molecule has 244 valence electrons. The van der Waals surface area contributed by atoms with Crippen molar-refractivity contribution in [1.29, 1.82) is 0 Å². The molecule has 0 amide bonds. The lowest BCUT2D eigenvalue weighted by Crippen LogP contribution is -2.48. The summed E-state index contributed by atoms with van der Waals surface area (Å²) in [6.45, 7) is 14.2. The van der Waals surface area contributed by atoms with Crippen LogP contribution >= 0.6 is 0 Å². The van der Waals surface area contributed by atoms with Crippen molar-refractivity contribution in [1.82, 2.24) is 4.98 Å². The van der Waals surface area contributed by atoms with Gasteiger partial charge in [0.1, 0.15) is 0 Å². The fourth-order valence-electron chi connectivity index (χ4n) is 10.2. The van der Waals surface area contributed by atoms with Gasteiger partial charge >= 0.3 is 0 Å². The van der Waals surface area contributed by atoms with Crippen LogP contribution in [0.1, 0.15) is 96.8 Å². The third-order valence-corrected chi connectivity index (χ3v) is 12.0. The lowest BCUT2D eigenvalue weighted by atomic mass is 9.48. The molecule has 1 heterocycles. The minimum Gasteiger partial charge on any atom is -0.256 e. The molecule has 4 aliphatic carbocycles. The highest BCUT2D eigenvalue weighted by molar-refractivity contribution is 5.97. The second kappa shape index (κ2) is 11.6. The number of aromatic nitrogens is 1. The first-order valence-corrected chi connectivity index (χ1v) is 18.4. The highest BCUT2D eigenvalue weighted by Crippen LogP contribution is 2.62. The van der Waals surface area contributed by atoms with Gasteiger partial charge in [0.15, 0.2) is 0 Å². The van der Waals surface area contributed by atoms with E-state index in [0.717, 1.165) is 29.0 Å². The van der Waals surface area contributed by atoms with E-state index in [1.165, 1.54) is 83.0 Å². The lowest BCUT2D eigenvalue weighted by molar-refractivity contribution is -0.00514. The predicted octanol–water partition coefficient (Wildman–Crippen LogP) is 12.8. The van der Waals surface area contributed by atoms with Gasteiger partial charge in [-0.2, -0.15) is 0 Å². The summed E-state index contributed by atoms with van der Waals surface area (Å²) < 4.78 is 0. The minimum atomic E-state index is 0.00342. The normalized spacial score (nSPS) is 23.4. The quantitative estimate of drug-likeness (QED) is 0.188. The molecular formula is C47H51N. The Morgan fingerprint density at radius 3 is 1.46 bits per heavy atom. The molecule has 48 heavy (non-hydrogen) atoms. The first-order valence-electron chi connectivity index (χ1n) is 18.4. The molecule has 0 unspecified atom stereocenters. The number of hydrogen-bond donors (Lipinski definition) is 0. The van der Waals surface area contributed by atoms with Crippen molar-refractivity contribution >= 4 is 0 Å². The van der Waals surface area contributed by atoms with Crippen molar-refractivity contribution in [2.24, 2.45) is 17.8 Å². The number of pyridine rings is 1. The van der Waals surface area contributed by atoms with E-state index in [4.69, 9.17) is 4.98 Å². The van der Waals surface area contributed by atoms with Gasteiger partial charge in [-0.15, -0.1) is 0 Å². The van der Waals surface area contributed by atoms with Crippen LogP contribution in [-0.2, 0) is 16.2 Å². The summed E-state index contributed by atoms with van der Waals surface area (Å²) in [5.74, 6) is 2.67. The summed E-state index contributed by atoms with van der Waals surface area (Å²) in [5.41, 5.74) is 14.8. The van der Waals surface area contributed by atoms with Crippen LogP contribution in [0.2, 0.25) is 0 Å². The number of hydrogen-bond acceptors (Lipinski definition) is 1. The number of benzene rings is 4. The maximum Gasteiger partial charge on any atom is 0.0702 e. The first-order chi connectivity index (χ1) is 23.0. The van der Waals surface area contributed by atoms with Gasteiger partial charge in [0.25, 0.3) is 0 Å². The summed E-state index contributed by atoms with van der Waals surface area (Å²) in [5, 5.41) is 0. The molecule has 0 saturated heterocycles. The van der Waals surface area contributed by atoms with E-state index >= 15 is 0 Å². The molecule has 0 atom stereocenters. The zero-order valence-electron chi connectivity index (χ0n) is 29.8. The number of nitrogens with zero attached hydrogens (tertiary/aromatic N) is 1. The Balaban J connectivity index is 1.45. The molecule has 0 N–H and O–H groups in total. The van der Waals surface area contributed by atoms with Crippen molar-refractivity contribution in [2.45, 2.75) is 96.3 Å². The predicted molar refractivity (Wildman–Crippen MR) is 203 cm³/mol. The third kappa shape index (κ3) is 5.54. The van der Waals surface area contributed by atoms with Crippen LogP contribution in [0.5, 0.6) is 0 Å². The highest BCUT2D eigenvalue weighted by atomic mass is 14.7. The maximum absolute atomic E-state index is 5.11. The summed E-state index contributed by atoms with van der Waals surface area (Å²) in [6.07, 6.45) is 10.6. The van der Waals surface area contributed by atoms with Crippen molar-refractivity contribution in [3.05, 3.63) is 126 Å². The summed E-state index contributed by atoms with van der Waals surface area (Å²) in [6, 6.07) is 38.8. The Morgan fingerprint density at radius 2 is 1.00 bits per heavy atom. The van der Waals surface area contributed by atoms with Crippen LogP contribution in [0.25, 0.3) is 44.6 Å². The van der Waals surface area contributed by atoms with Crippen LogP contribution in [0.4, 0.5) is 0 Å². The van der Waals surface area contributed by atoms with Gasteiger partial charge in [0, 0.05) is 17.3 Å². The molecule has 4 fully saturated rings. The molecule has 0 spiro atoms. The average Bonchev–Trinajstić information content (AvgIpc) is 3.07. The van der Waals surface area contributed by atoms with Crippen molar-refractivity contribution < 1.29 is 0 Å². The van der Waals surface area contributed by atoms with Crippen LogP contribution in [0.3, 0.4) is 0 Å². The molecule has 4 aromatic carbocycles. The molecule has 5 aromatic rings. The average molecular weight is 630 g/mol. The molecule has 0 radical (unpaired) electrons. The lowest BCUT2D eigenvalue weighted by Gasteiger charge is -2.57. The Morgan fingerprint density at radius 1 is 0.521 bits per heavy atom. The Hall–Kier alpha value is -3.97. The molecule has 1 nitrogen and oxygen atoms in total. The Labute approximate surface area is 288 Å². The highest BCUT2D eigenvalue weighted by Gasteiger charge is 2.52. The van der Waals surface area contributed by atoms with Gasteiger partial charge in [-0.1, -0.05) is 126 Å². The summed E-state index contributed by atoms with van der Waals surface area (Å²) in [4.78, 5) is 5.11. The monoisotopic (exact) mass is 629 g/mol. The van der Waals surface area contributed by atoms with Gasteiger partial charge in [0.2, 0.25) is 0 Å². The summed E-state index contributed by atoms with van der Waals surface area (Å²) >= 11 is 0. The van der Waals surface area contributed by atoms with Gasteiger partial charge < -0.3 is 0 Å². The Kier molecular flexibility index (Phi) is 7.55. The molecule has 0 aliphatic heterocycles. The molecule has 1 aromatic heterocycles. The van der Waals surface area contributed by atoms with Gasteiger partial charge in [-0.05, 0) is 135 Å². The largest absolute Gasteiger partial charge is 0.256 e. The van der Waals surface area contributed by atoms with E-state index in [9.17, 15) is 0 Å². The molecule has 4 bridgehead atoms. The van der Waals surface area contributed by atoms with Crippen molar-refractivity contribution in [2.75, 3.05) is 0 Å². The van der Waals surface area contributed by atoms with E-state index in [0.29, 0.717) is 0 Å². The third-order valence-electron chi connectivity index (χ3n) is 12.0.